The second-order valence-electron chi connectivity index (χ2n) is 3.97. The first-order valence-electron chi connectivity index (χ1n) is 5.46. The molecule has 1 aromatic carbocycles. The molecule has 0 bridgehead atoms. The maximum atomic E-state index is 11.0. The van der Waals surface area contributed by atoms with Crippen molar-refractivity contribution in [3.05, 3.63) is 34.9 Å². The van der Waals surface area contributed by atoms with Gasteiger partial charge in [-0.2, -0.15) is 0 Å². The SMILES string of the molecule is COc1ccc(C=O)c(CC=C(C)C)c1OC. The first-order valence-corrected chi connectivity index (χ1v) is 5.46. The maximum Gasteiger partial charge on any atom is 0.164 e. The van der Waals surface area contributed by atoms with Crippen molar-refractivity contribution in [2.24, 2.45) is 0 Å². The van der Waals surface area contributed by atoms with Gasteiger partial charge in [-0.05, 0) is 32.4 Å². The fourth-order valence-electron chi connectivity index (χ4n) is 1.63. The molecule has 0 spiro atoms. The minimum atomic E-state index is 0.634. The molecule has 0 unspecified atom stereocenters. The van der Waals surface area contributed by atoms with Crippen molar-refractivity contribution in [1.82, 2.24) is 0 Å². The summed E-state index contributed by atoms with van der Waals surface area (Å²) in [5, 5.41) is 0. The fourth-order valence-corrected chi connectivity index (χ4v) is 1.63. The largest absolute Gasteiger partial charge is 0.493 e. The van der Waals surface area contributed by atoms with Crippen LogP contribution in [0.3, 0.4) is 0 Å². The molecule has 0 heterocycles. The number of hydrogen-bond acceptors (Lipinski definition) is 3. The van der Waals surface area contributed by atoms with Gasteiger partial charge in [0.1, 0.15) is 6.29 Å². The van der Waals surface area contributed by atoms with Crippen LogP contribution < -0.4 is 9.47 Å². The lowest BCUT2D eigenvalue weighted by Crippen LogP contribution is -2.00. The second-order valence-corrected chi connectivity index (χ2v) is 3.97. The highest BCUT2D eigenvalue weighted by Crippen LogP contribution is 2.33. The van der Waals surface area contributed by atoms with E-state index in [-0.39, 0.29) is 0 Å². The molecule has 3 nitrogen and oxygen atoms in total. The number of hydrogen-bond donors (Lipinski definition) is 0. The van der Waals surface area contributed by atoms with Gasteiger partial charge in [-0.15, -0.1) is 0 Å². The van der Waals surface area contributed by atoms with E-state index >= 15 is 0 Å². The summed E-state index contributed by atoms with van der Waals surface area (Å²) in [5.74, 6) is 1.28. The fraction of sp³-hybridized carbons (Fsp3) is 0.357. The van der Waals surface area contributed by atoms with Gasteiger partial charge >= 0.3 is 0 Å². The van der Waals surface area contributed by atoms with Crippen molar-refractivity contribution in [3.63, 3.8) is 0 Å². The minimum absolute atomic E-state index is 0.634. The lowest BCUT2D eigenvalue weighted by molar-refractivity contribution is 0.112. The summed E-state index contributed by atoms with van der Waals surface area (Å²) in [6, 6.07) is 3.50. The van der Waals surface area contributed by atoms with E-state index in [0.29, 0.717) is 23.5 Å². The predicted molar refractivity (Wildman–Crippen MR) is 68.1 cm³/mol. The zero-order valence-corrected chi connectivity index (χ0v) is 10.7. The molecule has 1 aromatic rings. The van der Waals surface area contributed by atoms with Crippen molar-refractivity contribution >= 4 is 6.29 Å². The highest BCUT2D eigenvalue weighted by Gasteiger charge is 2.13. The summed E-state index contributed by atoms with van der Waals surface area (Å²) >= 11 is 0. The Balaban J connectivity index is 3.29. The average Bonchev–Trinajstić information content (AvgIpc) is 2.34. The molecule has 0 aliphatic carbocycles. The van der Waals surface area contributed by atoms with Crippen LogP contribution in [-0.4, -0.2) is 20.5 Å². The number of benzene rings is 1. The van der Waals surface area contributed by atoms with E-state index in [1.807, 2.05) is 13.8 Å². The average molecular weight is 234 g/mol. The monoisotopic (exact) mass is 234 g/mol. The van der Waals surface area contributed by atoms with E-state index in [4.69, 9.17) is 9.47 Å². The highest BCUT2D eigenvalue weighted by atomic mass is 16.5. The number of methoxy groups -OCH3 is 2. The first-order chi connectivity index (χ1) is 8.13. The Morgan fingerprint density at radius 1 is 1.24 bits per heavy atom. The summed E-state index contributed by atoms with van der Waals surface area (Å²) in [7, 11) is 3.17. The van der Waals surface area contributed by atoms with Crippen LogP contribution in [0.1, 0.15) is 29.8 Å². The molecule has 0 fully saturated rings. The van der Waals surface area contributed by atoms with Gasteiger partial charge in [0.25, 0.3) is 0 Å². The van der Waals surface area contributed by atoms with E-state index in [0.717, 1.165) is 11.8 Å². The minimum Gasteiger partial charge on any atom is -0.493 e. The van der Waals surface area contributed by atoms with Gasteiger partial charge in [-0.25, -0.2) is 0 Å². The van der Waals surface area contributed by atoms with Crippen LogP contribution in [0.5, 0.6) is 11.5 Å². The number of allylic oxidation sites excluding steroid dienone is 2. The highest BCUT2D eigenvalue weighted by molar-refractivity contribution is 5.80. The number of carbonyl (C=O) groups excluding carboxylic acids is 1. The van der Waals surface area contributed by atoms with E-state index in [1.165, 1.54) is 5.57 Å². The van der Waals surface area contributed by atoms with Crippen LogP contribution in [-0.2, 0) is 6.42 Å². The van der Waals surface area contributed by atoms with Gasteiger partial charge in [0.15, 0.2) is 11.5 Å². The number of ether oxygens (including phenoxy) is 2. The molecule has 0 atom stereocenters. The van der Waals surface area contributed by atoms with Crippen molar-refractivity contribution < 1.29 is 14.3 Å². The van der Waals surface area contributed by atoms with Crippen molar-refractivity contribution in [1.29, 1.82) is 0 Å². The lowest BCUT2D eigenvalue weighted by Gasteiger charge is -2.13. The molecule has 0 saturated heterocycles. The lowest BCUT2D eigenvalue weighted by atomic mass is 10.0. The van der Waals surface area contributed by atoms with Gasteiger partial charge in [0, 0.05) is 11.1 Å². The maximum absolute atomic E-state index is 11.0. The van der Waals surface area contributed by atoms with Crippen LogP contribution >= 0.6 is 0 Å². The molecule has 1 rings (SSSR count). The third-order valence-corrected chi connectivity index (χ3v) is 2.53. The zero-order valence-electron chi connectivity index (χ0n) is 10.7. The second kappa shape index (κ2) is 6.09. The van der Waals surface area contributed by atoms with Gasteiger partial charge < -0.3 is 9.47 Å². The van der Waals surface area contributed by atoms with E-state index in [1.54, 1.807) is 26.4 Å². The van der Waals surface area contributed by atoms with E-state index in [9.17, 15) is 4.79 Å². The molecule has 0 N–H and O–H groups in total. The molecule has 92 valence electrons. The van der Waals surface area contributed by atoms with Crippen LogP contribution in [0.25, 0.3) is 0 Å². The Morgan fingerprint density at radius 3 is 2.41 bits per heavy atom. The van der Waals surface area contributed by atoms with Crippen LogP contribution in [0.4, 0.5) is 0 Å². The molecule has 0 amide bonds. The standard InChI is InChI=1S/C14H18O3/c1-10(2)5-7-12-11(9-15)6-8-13(16-3)14(12)17-4/h5-6,8-9H,7H2,1-4H3. The molecule has 0 radical (unpaired) electrons. The van der Waals surface area contributed by atoms with Gasteiger partial charge in [-0.3, -0.25) is 4.79 Å². The van der Waals surface area contributed by atoms with E-state index in [2.05, 4.69) is 6.08 Å². The topological polar surface area (TPSA) is 35.5 Å². The Bertz CT molecular complexity index is 429. The van der Waals surface area contributed by atoms with Gasteiger partial charge in [0.2, 0.25) is 0 Å². The zero-order chi connectivity index (χ0) is 12.8. The molecule has 0 aliphatic rings. The quantitative estimate of drug-likeness (QED) is 0.580. The first kappa shape index (κ1) is 13.3. The van der Waals surface area contributed by atoms with Gasteiger partial charge in [-0.1, -0.05) is 11.6 Å². The Labute approximate surface area is 102 Å². The smallest absolute Gasteiger partial charge is 0.164 e. The predicted octanol–water partition coefficient (Wildman–Crippen LogP) is 3.03. The molecule has 0 aromatic heterocycles. The molecule has 0 aliphatic heterocycles. The van der Waals surface area contributed by atoms with Crippen LogP contribution in [0.15, 0.2) is 23.8 Å². The molecule has 0 saturated carbocycles. The number of carbonyl (C=O) groups is 1. The normalized spacial score (nSPS) is 9.65. The Morgan fingerprint density at radius 2 is 1.94 bits per heavy atom. The third-order valence-electron chi connectivity index (χ3n) is 2.53. The van der Waals surface area contributed by atoms with Crippen molar-refractivity contribution in [2.45, 2.75) is 20.3 Å². The summed E-state index contributed by atoms with van der Waals surface area (Å²) in [4.78, 5) is 11.0. The Hall–Kier alpha value is -1.77. The summed E-state index contributed by atoms with van der Waals surface area (Å²) in [5.41, 5.74) is 2.70. The molecule has 3 heteroatoms. The summed E-state index contributed by atoms with van der Waals surface area (Å²) in [6.45, 7) is 4.04. The number of rotatable bonds is 5. The summed E-state index contributed by atoms with van der Waals surface area (Å²) < 4.78 is 10.6. The van der Waals surface area contributed by atoms with E-state index < -0.39 is 0 Å². The van der Waals surface area contributed by atoms with Crippen LogP contribution in [0, 0.1) is 0 Å². The van der Waals surface area contributed by atoms with Gasteiger partial charge in [0.05, 0.1) is 14.2 Å². The molecule has 17 heavy (non-hydrogen) atoms. The Kier molecular flexibility index (Phi) is 4.76. The molecular weight excluding hydrogens is 216 g/mol. The van der Waals surface area contributed by atoms with Crippen molar-refractivity contribution in [3.8, 4) is 11.5 Å². The van der Waals surface area contributed by atoms with Crippen molar-refractivity contribution in [2.75, 3.05) is 14.2 Å². The summed E-state index contributed by atoms with van der Waals surface area (Å²) in [6.07, 6.45) is 3.57. The molecular formula is C14H18O3. The number of aldehydes is 1. The van der Waals surface area contributed by atoms with Crippen LogP contribution in [0.2, 0.25) is 0 Å². The third kappa shape index (κ3) is 3.09.